The molecule has 1 aliphatic heterocycles. The predicted molar refractivity (Wildman–Crippen MR) is 62.4 cm³/mol. The topological polar surface area (TPSA) is 21.3 Å². The zero-order valence-electron chi connectivity index (χ0n) is 9.22. The Labute approximate surface area is 99.7 Å². The van der Waals surface area contributed by atoms with Crippen LogP contribution in [0.25, 0.3) is 0 Å². The van der Waals surface area contributed by atoms with Gasteiger partial charge in [0.1, 0.15) is 5.82 Å². The van der Waals surface area contributed by atoms with Gasteiger partial charge in [0, 0.05) is 24.2 Å². The van der Waals surface area contributed by atoms with Gasteiger partial charge in [-0.3, -0.25) is 0 Å². The molecule has 0 radical (unpaired) electrons. The third kappa shape index (κ3) is 2.37. The number of rotatable bonds is 3. The first-order chi connectivity index (χ1) is 7.72. The van der Waals surface area contributed by atoms with Crippen molar-refractivity contribution in [3.63, 3.8) is 0 Å². The van der Waals surface area contributed by atoms with Crippen molar-refractivity contribution in [3.8, 4) is 0 Å². The van der Waals surface area contributed by atoms with Gasteiger partial charge in [-0.15, -0.1) is 0 Å². The highest BCUT2D eigenvalue weighted by Crippen LogP contribution is 2.29. The van der Waals surface area contributed by atoms with Gasteiger partial charge in [-0.1, -0.05) is 11.6 Å². The van der Waals surface area contributed by atoms with Crippen LogP contribution in [0, 0.1) is 5.82 Å². The van der Waals surface area contributed by atoms with Crippen molar-refractivity contribution in [2.24, 2.45) is 0 Å². The molecule has 0 spiro atoms. The maximum atomic E-state index is 13.8. The lowest BCUT2D eigenvalue weighted by atomic mass is 9.97. The molecule has 2 nitrogen and oxygen atoms in total. The first kappa shape index (κ1) is 11.8. The van der Waals surface area contributed by atoms with Crippen LogP contribution in [0.5, 0.6) is 0 Å². The van der Waals surface area contributed by atoms with Gasteiger partial charge < -0.3 is 10.1 Å². The third-order valence-electron chi connectivity index (χ3n) is 2.98. The van der Waals surface area contributed by atoms with Crippen molar-refractivity contribution in [1.29, 1.82) is 0 Å². The highest BCUT2D eigenvalue weighted by Gasteiger charge is 2.19. The third-order valence-corrected chi connectivity index (χ3v) is 3.32. The van der Waals surface area contributed by atoms with E-state index in [-0.39, 0.29) is 12.4 Å². The van der Waals surface area contributed by atoms with E-state index in [4.69, 9.17) is 16.3 Å². The van der Waals surface area contributed by atoms with Crippen LogP contribution in [-0.2, 0) is 11.3 Å². The molecule has 0 aliphatic carbocycles. The summed E-state index contributed by atoms with van der Waals surface area (Å²) in [7, 11) is 1.53. The van der Waals surface area contributed by atoms with Crippen molar-refractivity contribution in [2.45, 2.75) is 18.9 Å². The van der Waals surface area contributed by atoms with Crippen LogP contribution in [0.2, 0.25) is 5.02 Å². The molecular weight excluding hydrogens is 229 g/mol. The number of hydrogen-bond donors (Lipinski definition) is 1. The lowest BCUT2D eigenvalue weighted by molar-refractivity contribution is 0.181. The van der Waals surface area contributed by atoms with Crippen molar-refractivity contribution in [3.05, 3.63) is 34.1 Å². The van der Waals surface area contributed by atoms with Crippen LogP contribution in [0.3, 0.4) is 0 Å². The Balaban J connectivity index is 2.28. The van der Waals surface area contributed by atoms with Gasteiger partial charge >= 0.3 is 0 Å². The molecule has 2 rings (SSSR count). The molecule has 4 heteroatoms. The summed E-state index contributed by atoms with van der Waals surface area (Å²) in [5.41, 5.74) is 1.42. The second kappa shape index (κ2) is 5.13. The van der Waals surface area contributed by atoms with Gasteiger partial charge in [0.2, 0.25) is 0 Å². The quantitative estimate of drug-likeness (QED) is 0.882. The summed E-state index contributed by atoms with van der Waals surface area (Å²) in [5, 5.41) is 3.72. The number of benzene rings is 1. The summed E-state index contributed by atoms with van der Waals surface area (Å²) in [5.74, 6) is 0.111. The fraction of sp³-hybridized carbons (Fsp3) is 0.500. The molecule has 0 amide bonds. The molecule has 1 N–H and O–H groups in total. The summed E-state index contributed by atoms with van der Waals surface area (Å²) in [6, 6.07) is 3.44. The number of ether oxygens (including phenoxy) is 1. The van der Waals surface area contributed by atoms with Crippen molar-refractivity contribution in [2.75, 3.05) is 20.2 Å². The van der Waals surface area contributed by atoms with E-state index in [1.165, 1.54) is 7.11 Å². The zero-order valence-corrected chi connectivity index (χ0v) is 9.98. The standard InChI is InChI=1S/C12H15ClFNO/c1-16-7-10-11(13)4-9(5-12(10)14)8-2-3-15-6-8/h4-5,8,15H,2-3,6-7H2,1H3. The molecule has 0 bridgehead atoms. The van der Waals surface area contributed by atoms with Crippen LogP contribution in [0.1, 0.15) is 23.5 Å². The number of hydrogen-bond acceptors (Lipinski definition) is 2. The number of nitrogens with one attached hydrogen (secondary N) is 1. The van der Waals surface area contributed by atoms with E-state index in [1.807, 2.05) is 6.07 Å². The molecule has 0 aromatic heterocycles. The van der Waals surface area contributed by atoms with Crippen LogP contribution in [0.15, 0.2) is 12.1 Å². The van der Waals surface area contributed by atoms with E-state index in [9.17, 15) is 4.39 Å². The van der Waals surface area contributed by atoms with Gasteiger partial charge in [-0.2, -0.15) is 0 Å². The molecule has 1 heterocycles. The Hall–Kier alpha value is -0.640. The van der Waals surface area contributed by atoms with E-state index < -0.39 is 0 Å². The monoisotopic (exact) mass is 243 g/mol. The highest BCUT2D eigenvalue weighted by atomic mass is 35.5. The molecule has 1 aliphatic rings. The lowest BCUT2D eigenvalue weighted by Gasteiger charge is -2.12. The van der Waals surface area contributed by atoms with Crippen LogP contribution < -0.4 is 5.32 Å². The molecule has 1 atom stereocenters. The molecule has 1 fully saturated rings. The fourth-order valence-corrected chi connectivity index (χ4v) is 2.35. The number of halogens is 2. The van der Waals surface area contributed by atoms with Crippen molar-refractivity contribution >= 4 is 11.6 Å². The Morgan fingerprint density at radius 2 is 2.38 bits per heavy atom. The molecule has 1 unspecified atom stereocenters. The largest absolute Gasteiger partial charge is 0.380 e. The highest BCUT2D eigenvalue weighted by molar-refractivity contribution is 6.31. The minimum absolute atomic E-state index is 0.216. The first-order valence-corrected chi connectivity index (χ1v) is 5.77. The smallest absolute Gasteiger partial charge is 0.130 e. The molecule has 1 aromatic carbocycles. The minimum atomic E-state index is -0.267. The van der Waals surface area contributed by atoms with E-state index in [0.717, 1.165) is 25.1 Å². The predicted octanol–water partition coefficient (Wildman–Crippen LogP) is 2.70. The minimum Gasteiger partial charge on any atom is -0.380 e. The Bertz CT molecular complexity index is 354. The summed E-state index contributed by atoms with van der Waals surface area (Å²) in [4.78, 5) is 0. The van der Waals surface area contributed by atoms with E-state index in [2.05, 4.69) is 5.32 Å². The van der Waals surface area contributed by atoms with Crippen LogP contribution in [0.4, 0.5) is 4.39 Å². The van der Waals surface area contributed by atoms with Crippen molar-refractivity contribution in [1.82, 2.24) is 5.32 Å². The average molecular weight is 244 g/mol. The fourth-order valence-electron chi connectivity index (χ4n) is 2.08. The van der Waals surface area contributed by atoms with E-state index >= 15 is 0 Å². The average Bonchev–Trinajstić information content (AvgIpc) is 2.76. The molecule has 0 saturated carbocycles. The molecule has 88 valence electrons. The first-order valence-electron chi connectivity index (χ1n) is 5.40. The molecule has 1 saturated heterocycles. The summed E-state index contributed by atoms with van der Waals surface area (Å²) < 4.78 is 18.7. The van der Waals surface area contributed by atoms with E-state index in [1.54, 1.807) is 6.07 Å². The van der Waals surface area contributed by atoms with Crippen LogP contribution >= 0.6 is 11.6 Å². The van der Waals surface area contributed by atoms with Crippen molar-refractivity contribution < 1.29 is 9.13 Å². The van der Waals surface area contributed by atoms with Gasteiger partial charge in [0.15, 0.2) is 0 Å². The molecule has 1 aromatic rings. The second-order valence-corrected chi connectivity index (χ2v) is 4.49. The van der Waals surface area contributed by atoms with Gasteiger partial charge in [0.25, 0.3) is 0 Å². The molecular formula is C12H15ClFNO. The van der Waals surface area contributed by atoms with Gasteiger partial charge in [-0.05, 0) is 36.6 Å². The summed E-state index contributed by atoms with van der Waals surface area (Å²) in [6.45, 7) is 2.11. The lowest BCUT2D eigenvalue weighted by Crippen LogP contribution is -2.08. The Morgan fingerprint density at radius 1 is 1.56 bits per heavy atom. The van der Waals surface area contributed by atoms with Gasteiger partial charge in [-0.25, -0.2) is 4.39 Å². The SMILES string of the molecule is COCc1c(F)cc(C2CCNC2)cc1Cl. The van der Waals surface area contributed by atoms with Gasteiger partial charge in [0.05, 0.1) is 6.61 Å². The maximum Gasteiger partial charge on any atom is 0.130 e. The second-order valence-electron chi connectivity index (χ2n) is 4.09. The summed E-state index contributed by atoms with van der Waals surface area (Å²) in [6.07, 6.45) is 1.04. The Morgan fingerprint density at radius 3 is 2.94 bits per heavy atom. The summed E-state index contributed by atoms with van der Waals surface area (Å²) >= 11 is 6.05. The Kier molecular flexibility index (Phi) is 3.79. The van der Waals surface area contributed by atoms with E-state index in [0.29, 0.717) is 16.5 Å². The molecule has 16 heavy (non-hydrogen) atoms. The maximum absolute atomic E-state index is 13.8. The zero-order chi connectivity index (χ0) is 11.5. The number of methoxy groups -OCH3 is 1. The van der Waals surface area contributed by atoms with Crippen LogP contribution in [-0.4, -0.2) is 20.2 Å². The normalized spacial score (nSPS) is 20.3.